The average Bonchev–Trinajstić information content (AvgIpc) is 3.12. The summed E-state index contributed by atoms with van der Waals surface area (Å²) < 4.78 is 15.0. The smallest absolute Gasteiger partial charge is 0.272 e. The van der Waals surface area contributed by atoms with Gasteiger partial charge in [-0.25, -0.2) is 9.37 Å². The van der Waals surface area contributed by atoms with Crippen LogP contribution in [0.4, 0.5) is 4.39 Å². The van der Waals surface area contributed by atoms with Gasteiger partial charge in [-0.15, -0.1) is 0 Å². The molecule has 0 unspecified atom stereocenters. The minimum Gasteiger partial charge on any atom is -0.395 e. The summed E-state index contributed by atoms with van der Waals surface area (Å²) in [5, 5.41) is 10.0. The Morgan fingerprint density at radius 1 is 1.19 bits per heavy atom. The maximum absolute atomic E-state index is 13.3. The molecule has 0 saturated heterocycles. The Bertz CT molecular complexity index is 897. The molecule has 0 bridgehead atoms. The Morgan fingerprint density at radius 3 is 2.52 bits per heavy atom. The van der Waals surface area contributed by atoms with Gasteiger partial charge in [0.25, 0.3) is 5.91 Å². The Balaban J connectivity index is 1.97. The van der Waals surface area contributed by atoms with Gasteiger partial charge >= 0.3 is 0 Å². The number of aliphatic hydroxyl groups excluding tert-OH is 1. The minimum atomic E-state index is -0.344. The topological polar surface area (TPSA) is 58.4 Å². The molecule has 1 heterocycles. The normalized spacial score (nSPS) is 10.8. The minimum absolute atomic E-state index is 0.140. The highest BCUT2D eigenvalue weighted by Gasteiger charge is 2.23. The number of aromatic nitrogens is 2. The van der Waals surface area contributed by atoms with Crippen molar-refractivity contribution in [2.24, 2.45) is 0 Å². The van der Waals surface area contributed by atoms with Gasteiger partial charge in [-0.2, -0.15) is 0 Å². The second-order valence-corrected chi connectivity index (χ2v) is 6.65. The Hall–Kier alpha value is -2.64. The van der Waals surface area contributed by atoms with Crippen molar-refractivity contribution in [1.29, 1.82) is 0 Å². The molecule has 7 heteroatoms. The number of rotatable bonds is 7. The van der Waals surface area contributed by atoms with Gasteiger partial charge in [-0.3, -0.25) is 9.36 Å². The number of imidazole rings is 1. The molecule has 0 spiro atoms. The van der Waals surface area contributed by atoms with Crippen LogP contribution >= 0.6 is 11.8 Å². The maximum Gasteiger partial charge on any atom is 0.272 e. The summed E-state index contributed by atoms with van der Waals surface area (Å²) >= 11 is 1.40. The molecule has 3 aromatic rings. The summed E-state index contributed by atoms with van der Waals surface area (Å²) in [5.41, 5.74) is 2.00. The average molecular weight is 385 g/mol. The Kier molecular flexibility index (Phi) is 6.26. The third-order valence-electron chi connectivity index (χ3n) is 4.09. The van der Waals surface area contributed by atoms with Gasteiger partial charge in [-0.05, 0) is 36.1 Å². The second kappa shape index (κ2) is 8.83. The number of carbonyl (C=O) groups excluding carboxylic acids is 1. The van der Waals surface area contributed by atoms with Crippen LogP contribution in [0.15, 0.2) is 66.0 Å². The van der Waals surface area contributed by atoms with Gasteiger partial charge < -0.3 is 10.0 Å². The van der Waals surface area contributed by atoms with Crippen molar-refractivity contribution in [2.75, 3.05) is 19.4 Å². The van der Waals surface area contributed by atoms with E-state index in [9.17, 15) is 14.3 Å². The molecule has 2 aromatic carbocycles. The molecule has 1 amide bonds. The predicted molar refractivity (Wildman–Crippen MR) is 104 cm³/mol. The van der Waals surface area contributed by atoms with E-state index >= 15 is 0 Å². The van der Waals surface area contributed by atoms with E-state index in [1.165, 1.54) is 30.1 Å². The van der Waals surface area contributed by atoms with Crippen molar-refractivity contribution in [3.05, 3.63) is 77.9 Å². The van der Waals surface area contributed by atoms with Gasteiger partial charge in [-0.1, -0.05) is 42.1 Å². The van der Waals surface area contributed by atoms with Gasteiger partial charge in [0.1, 0.15) is 11.5 Å². The molecular formula is C20H20FN3O2S. The van der Waals surface area contributed by atoms with Crippen molar-refractivity contribution in [2.45, 2.75) is 11.7 Å². The molecule has 0 atom stereocenters. The molecule has 140 valence electrons. The molecule has 1 aromatic heterocycles. The molecule has 27 heavy (non-hydrogen) atoms. The van der Waals surface area contributed by atoms with E-state index in [-0.39, 0.29) is 24.9 Å². The van der Waals surface area contributed by atoms with Crippen LogP contribution in [0, 0.1) is 5.82 Å². The van der Waals surface area contributed by atoms with Gasteiger partial charge in [0.2, 0.25) is 0 Å². The first-order chi connectivity index (χ1) is 13.1. The molecule has 1 N–H and O–H groups in total. The molecule has 0 aliphatic carbocycles. The summed E-state index contributed by atoms with van der Waals surface area (Å²) in [5.74, 6) is -0.589. The van der Waals surface area contributed by atoms with Crippen molar-refractivity contribution < 1.29 is 14.3 Å². The van der Waals surface area contributed by atoms with E-state index in [2.05, 4.69) is 4.98 Å². The number of nitrogens with zero attached hydrogens (tertiary/aromatic N) is 3. The first-order valence-electron chi connectivity index (χ1n) is 8.45. The number of carbonyl (C=O) groups is 1. The van der Waals surface area contributed by atoms with Crippen LogP contribution in [0.3, 0.4) is 0 Å². The zero-order valence-electron chi connectivity index (χ0n) is 14.9. The summed E-state index contributed by atoms with van der Waals surface area (Å²) in [6.45, 7) is 0.443. The molecule has 0 saturated carbocycles. The van der Waals surface area contributed by atoms with E-state index in [1.54, 1.807) is 21.6 Å². The first kappa shape index (κ1) is 19.1. The van der Waals surface area contributed by atoms with Crippen LogP contribution in [-0.2, 0) is 6.54 Å². The predicted octanol–water partition coefficient (Wildman–Crippen LogP) is 3.37. The van der Waals surface area contributed by atoms with E-state index in [1.807, 2.05) is 36.6 Å². The quantitative estimate of drug-likeness (QED) is 0.634. The van der Waals surface area contributed by atoms with Crippen LogP contribution in [-0.4, -0.2) is 44.9 Å². The van der Waals surface area contributed by atoms with Crippen molar-refractivity contribution in [3.63, 3.8) is 0 Å². The number of hydrogen-bond donors (Lipinski definition) is 1. The van der Waals surface area contributed by atoms with E-state index in [0.717, 1.165) is 5.56 Å². The third kappa shape index (κ3) is 4.37. The van der Waals surface area contributed by atoms with Crippen molar-refractivity contribution >= 4 is 17.7 Å². The Labute approximate surface area is 161 Å². The van der Waals surface area contributed by atoms with E-state index in [4.69, 9.17) is 0 Å². The molecule has 0 radical (unpaired) electrons. The summed E-state index contributed by atoms with van der Waals surface area (Å²) in [4.78, 5) is 19.1. The van der Waals surface area contributed by atoms with Gasteiger partial charge in [0.05, 0.1) is 12.8 Å². The lowest BCUT2D eigenvalue weighted by molar-refractivity contribution is 0.0699. The van der Waals surface area contributed by atoms with Crippen molar-refractivity contribution in [3.8, 4) is 5.69 Å². The highest BCUT2D eigenvalue weighted by Crippen LogP contribution is 2.23. The van der Waals surface area contributed by atoms with Gasteiger partial charge in [0, 0.05) is 18.8 Å². The number of aliphatic hydroxyl groups is 1. The summed E-state index contributed by atoms with van der Waals surface area (Å²) in [7, 11) is 0. The number of halogens is 1. The summed E-state index contributed by atoms with van der Waals surface area (Å²) in [6.07, 6.45) is 3.39. The fraction of sp³-hybridized carbons (Fsp3) is 0.200. The number of amides is 1. The zero-order chi connectivity index (χ0) is 19.2. The van der Waals surface area contributed by atoms with Crippen LogP contribution in [0.1, 0.15) is 16.1 Å². The maximum atomic E-state index is 13.3. The monoisotopic (exact) mass is 385 g/mol. The van der Waals surface area contributed by atoms with Crippen molar-refractivity contribution in [1.82, 2.24) is 14.5 Å². The molecule has 0 aliphatic rings. The van der Waals surface area contributed by atoms with Crippen LogP contribution in [0.2, 0.25) is 0 Å². The fourth-order valence-electron chi connectivity index (χ4n) is 2.81. The second-order valence-electron chi connectivity index (χ2n) is 5.88. The third-order valence-corrected chi connectivity index (χ3v) is 4.74. The Morgan fingerprint density at radius 2 is 1.89 bits per heavy atom. The lowest BCUT2D eigenvalue weighted by Crippen LogP contribution is -2.34. The molecular weight excluding hydrogens is 365 g/mol. The lowest BCUT2D eigenvalue weighted by Gasteiger charge is -2.22. The van der Waals surface area contributed by atoms with E-state index in [0.29, 0.717) is 23.1 Å². The SMILES string of the molecule is CSc1ncc(C(=O)N(CCO)Cc2ccccc2)n1-c1ccc(F)cc1. The van der Waals surface area contributed by atoms with Crippen LogP contribution in [0.5, 0.6) is 0 Å². The van der Waals surface area contributed by atoms with Gasteiger partial charge in [0.15, 0.2) is 5.16 Å². The van der Waals surface area contributed by atoms with Crippen LogP contribution in [0.25, 0.3) is 5.69 Å². The largest absolute Gasteiger partial charge is 0.395 e. The summed E-state index contributed by atoms with van der Waals surface area (Å²) in [6, 6.07) is 15.5. The molecule has 0 aliphatic heterocycles. The number of thioether (sulfide) groups is 1. The lowest BCUT2D eigenvalue weighted by atomic mass is 10.2. The fourth-order valence-corrected chi connectivity index (χ4v) is 3.35. The standard InChI is InChI=1S/C20H20FN3O2S/c1-27-20-22-13-18(24(20)17-9-7-16(21)8-10-17)19(26)23(11-12-25)14-15-5-3-2-4-6-15/h2-10,13,25H,11-12,14H2,1H3. The molecule has 5 nitrogen and oxygen atoms in total. The number of hydrogen-bond acceptors (Lipinski definition) is 4. The molecule has 3 rings (SSSR count). The highest BCUT2D eigenvalue weighted by molar-refractivity contribution is 7.98. The molecule has 0 fully saturated rings. The van der Waals surface area contributed by atoms with E-state index < -0.39 is 0 Å². The number of benzene rings is 2. The first-order valence-corrected chi connectivity index (χ1v) is 9.68. The zero-order valence-corrected chi connectivity index (χ0v) is 15.7. The van der Waals surface area contributed by atoms with Crippen LogP contribution < -0.4 is 0 Å². The highest BCUT2D eigenvalue weighted by atomic mass is 32.2.